The second-order valence-electron chi connectivity index (χ2n) is 5.36. The molecule has 6 nitrogen and oxygen atoms in total. The van der Waals surface area contributed by atoms with Crippen LogP contribution in [0.4, 0.5) is 0 Å². The molecular formula is C13H21NO5. The fourth-order valence-electron chi connectivity index (χ4n) is 2.26. The molecule has 108 valence electrons. The summed E-state index contributed by atoms with van der Waals surface area (Å²) in [6.07, 6.45) is 1.82. The number of methoxy groups -OCH3 is 1. The van der Waals surface area contributed by atoms with Crippen LogP contribution in [-0.4, -0.2) is 62.4 Å². The summed E-state index contributed by atoms with van der Waals surface area (Å²) in [4.78, 5) is 13.0. The van der Waals surface area contributed by atoms with Gasteiger partial charge in [0.15, 0.2) is 12.1 Å². The molecular weight excluding hydrogens is 250 g/mol. The molecule has 2 fully saturated rings. The summed E-state index contributed by atoms with van der Waals surface area (Å²) in [7, 11) is 4.95. The van der Waals surface area contributed by atoms with Gasteiger partial charge in [-0.05, 0) is 19.9 Å². The topological polar surface area (TPSA) is 57.2 Å². The summed E-state index contributed by atoms with van der Waals surface area (Å²) in [6, 6.07) is 0. The van der Waals surface area contributed by atoms with Gasteiger partial charge in [0, 0.05) is 27.3 Å². The van der Waals surface area contributed by atoms with Crippen LogP contribution in [0.5, 0.6) is 0 Å². The molecule has 0 aromatic carbocycles. The van der Waals surface area contributed by atoms with Crippen LogP contribution in [0.15, 0.2) is 12.2 Å². The van der Waals surface area contributed by atoms with Gasteiger partial charge < -0.3 is 23.8 Å². The molecule has 1 amide bonds. The van der Waals surface area contributed by atoms with Crippen LogP contribution in [-0.2, 0) is 23.7 Å². The van der Waals surface area contributed by atoms with E-state index in [-0.39, 0.29) is 24.2 Å². The van der Waals surface area contributed by atoms with Crippen molar-refractivity contribution >= 4 is 5.91 Å². The minimum atomic E-state index is -0.659. The first-order valence-corrected chi connectivity index (χ1v) is 6.27. The summed E-state index contributed by atoms with van der Waals surface area (Å²) >= 11 is 0. The molecule has 2 aliphatic heterocycles. The van der Waals surface area contributed by atoms with E-state index in [1.54, 1.807) is 27.3 Å². The summed E-state index contributed by atoms with van der Waals surface area (Å²) < 4.78 is 22.5. The maximum atomic E-state index is 11.6. The lowest BCUT2D eigenvalue weighted by Gasteiger charge is -2.22. The monoisotopic (exact) mass is 271 g/mol. The van der Waals surface area contributed by atoms with Gasteiger partial charge in [-0.3, -0.25) is 4.79 Å². The van der Waals surface area contributed by atoms with E-state index in [0.717, 1.165) is 0 Å². The highest BCUT2D eigenvalue weighted by molar-refractivity contribution is 5.87. The second-order valence-corrected chi connectivity index (χ2v) is 5.36. The van der Waals surface area contributed by atoms with E-state index < -0.39 is 12.1 Å². The highest BCUT2D eigenvalue weighted by atomic mass is 16.8. The maximum Gasteiger partial charge on any atom is 0.245 e. The first kappa shape index (κ1) is 14.5. The quantitative estimate of drug-likeness (QED) is 0.701. The molecule has 0 saturated carbocycles. The van der Waals surface area contributed by atoms with Crippen molar-refractivity contribution in [1.82, 2.24) is 4.90 Å². The lowest BCUT2D eigenvalue weighted by atomic mass is 10.1. The third-order valence-electron chi connectivity index (χ3n) is 3.15. The predicted molar refractivity (Wildman–Crippen MR) is 67.3 cm³/mol. The summed E-state index contributed by atoms with van der Waals surface area (Å²) in [5.41, 5.74) is 0. The normalized spacial score (nSPS) is 36.7. The van der Waals surface area contributed by atoms with Crippen molar-refractivity contribution in [2.75, 3.05) is 21.2 Å². The Labute approximate surface area is 113 Å². The van der Waals surface area contributed by atoms with Gasteiger partial charge in [-0.1, -0.05) is 0 Å². The molecule has 0 radical (unpaired) electrons. The Bertz CT molecular complexity index is 379. The van der Waals surface area contributed by atoms with Crippen LogP contribution >= 0.6 is 0 Å². The number of hydrogen-bond acceptors (Lipinski definition) is 5. The van der Waals surface area contributed by atoms with Crippen LogP contribution in [0.1, 0.15) is 13.8 Å². The van der Waals surface area contributed by atoms with Crippen molar-refractivity contribution in [3.05, 3.63) is 12.2 Å². The zero-order valence-corrected chi connectivity index (χ0v) is 12.0. The smallest absolute Gasteiger partial charge is 0.245 e. The first-order valence-electron chi connectivity index (χ1n) is 6.27. The first-order chi connectivity index (χ1) is 8.84. The Morgan fingerprint density at radius 2 is 1.89 bits per heavy atom. The van der Waals surface area contributed by atoms with Gasteiger partial charge in [-0.2, -0.15) is 0 Å². The highest BCUT2D eigenvalue weighted by Crippen LogP contribution is 2.39. The van der Waals surface area contributed by atoms with Crippen molar-refractivity contribution < 1.29 is 23.7 Å². The van der Waals surface area contributed by atoms with Gasteiger partial charge in [-0.25, -0.2) is 0 Å². The molecule has 2 heterocycles. The summed E-state index contributed by atoms with van der Waals surface area (Å²) in [5.74, 6) is -0.757. The number of carbonyl (C=O) groups excluding carboxylic acids is 1. The molecule has 2 saturated heterocycles. The molecule has 6 heteroatoms. The van der Waals surface area contributed by atoms with Gasteiger partial charge in [0.2, 0.25) is 5.91 Å². The SMILES string of the molecule is CO[C@@H]1O[C@@H](/C=C/C(=O)N(C)C)[C@@H]2OC(C)(C)O[C@@H]12. The Morgan fingerprint density at radius 3 is 2.47 bits per heavy atom. The van der Waals surface area contributed by atoms with Gasteiger partial charge in [-0.15, -0.1) is 0 Å². The third kappa shape index (κ3) is 2.97. The standard InChI is InChI=1S/C13H21NO5/c1-13(2)18-10-8(6-7-9(15)14(3)4)17-12(16-5)11(10)19-13/h6-8,10-12H,1-5H3/b7-6+/t8-,10-,11+,12+/m0/s1. The highest BCUT2D eigenvalue weighted by Gasteiger charge is 2.54. The Morgan fingerprint density at radius 1 is 1.26 bits per heavy atom. The Hall–Kier alpha value is -0.950. The number of carbonyl (C=O) groups is 1. The third-order valence-corrected chi connectivity index (χ3v) is 3.15. The van der Waals surface area contributed by atoms with E-state index in [9.17, 15) is 4.79 Å². The molecule has 0 unspecified atom stereocenters. The summed E-state index contributed by atoms with van der Waals surface area (Å²) in [5, 5.41) is 0. The van der Waals surface area contributed by atoms with E-state index in [1.165, 1.54) is 11.0 Å². The number of hydrogen-bond donors (Lipinski definition) is 0. The van der Waals surface area contributed by atoms with E-state index in [2.05, 4.69) is 0 Å². The fraction of sp³-hybridized carbons (Fsp3) is 0.769. The van der Waals surface area contributed by atoms with Crippen molar-refractivity contribution in [2.24, 2.45) is 0 Å². The van der Waals surface area contributed by atoms with Crippen molar-refractivity contribution in [2.45, 2.75) is 44.2 Å². The van der Waals surface area contributed by atoms with Crippen LogP contribution in [0, 0.1) is 0 Å². The molecule has 0 N–H and O–H groups in total. The largest absolute Gasteiger partial charge is 0.353 e. The molecule has 2 aliphatic rings. The zero-order valence-electron chi connectivity index (χ0n) is 12.0. The van der Waals surface area contributed by atoms with E-state index in [0.29, 0.717) is 0 Å². The van der Waals surface area contributed by atoms with Crippen LogP contribution in [0.3, 0.4) is 0 Å². The van der Waals surface area contributed by atoms with Crippen LogP contribution in [0.25, 0.3) is 0 Å². The Balaban J connectivity index is 2.08. The van der Waals surface area contributed by atoms with Gasteiger partial charge >= 0.3 is 0 Å². The van der Waals surface area contributed by atoms with Gasteiger partial charge in [0.25, 0.3) is 0 Å². The average molecular weight is 271 g/mol. The van der Waals surface area contributed by atoms with Crippen LogP contribution < -0.4 is 0 Å². The van der Waals surface area contributed by atoms with E-state index in [4.69, 9.17) is 18.9 Å². The van der Waals surface area contributed by atoms with E-state index >= 15 is 0 Å². The number of ether oxygens (including phenoxy) is 4. The van der Waals surface area contributed by atoms with E-state index in [1.807, 2.05) is 13.8 Å². The number of likely N-dealkylation sites (N-methyl/N-ethyl adjacent to an activating group) is 1. The Kier molecular flexibility index (Phi) is 3.96. The molecule has 0 aromatic rings. The molecule has 2 rings (SSSR count). The molecule has 0 bridgehead atoms. The molecule has 0 spiro atoms. The number of fused-ring (bicyclic) bond motifs is 1. The molecule has 0 aliphatic carbocycles. The summed E-state index contributed by atoms with van der Waals surface area (Å²) in [6.45, 7) is 3.70. The van der Waals surface area contributed by atoms with Gasteiger partial charge in [0.1, 0.15) is 18.3 Å². The molecule has 4 atom stereocenters. The lowest BCUT2D eigenvalue weighted by molar-refractivity contribution is -0.221. The van der Waals surface area contributed by atoms with Crippen molar-refractivity contribution in [1.29, 1.82) is 0 Å². The lowest BCUT2D eigenvalue weighted by Crippen LogP contribution is -2.30. The van der Waals surface area contributed by atoms with Crippen molar-refractivity contribution in [3.8, 4) is 0 Å². The zero-order chi connectivity index (χ0) is 14.2. The molecule has 19 heavy (non-hydrogen) atoms. The minimum Gasteiger partial charge on any atom is -0.353 e. The number of amides is 1. The van der Waals surface area contributed by atoms with Crippen molar-refractivity contribution in [3.63, 3.8) is 0 Å². The fourth-order valence-corrected chi connectivity index (χ4v) is 2.26. The molecule has 0 aromatic heterocycles. The predicted octanol–water partition coefficient (Wildman–Crippen LogP) is 0.522. The number of nitrogens with zero attached hydrogens (tertiary/aromatic N) is 1. The van der Waals surface area contributed by atoms with Gasteiger partial charge in [0.05, 0.1) is 0 Å². The second kappa shape index (κ2) is 5.20. The average Bonchev–Trinajstić information content (AvgIpc) is 2.79. The minimum absolute atomic E-state index is 0.0980. The number of rotatable bonds is 3. The maximum absolute atomic E-state index is 11.6. The van der Waals surface area contributed by atoms with Crippen LogP contribution in [0.2, 0.25) is 0 Å².